The normalized spacial score (nSPS) is 21.5. The van der Waals surface area contributed by atoms with Crippen LogP contribution in [-0.2, 0) is 6.54 Å². The summed E-state index contributed by atoms with van der Waals surface area (Å²) in [5.41, 5.74) is 7.79. The predicted molar refractivity (Wildman–Crippen MR) is 77.3 cm³/mol. The SMILES string of the molecule is COc1cc(N)ccc1CN1CCN(C2CC2)CC1. The molecule has 1 heterocycles. The van der Waals surface area contributed by atoms with Crippen LogP contribution in [0, 0.1) is 0 Å². The van der Waals surface area contributed by atoms with E-state index in [9.17, 15) is 0 Å². The van der Waals surface area contributed by atoms with Crippen LogP contribution in [0.4, 0.5) is 5.69 Å². The van der Waals surface area contributed by atoms with Crippen LogP contribution < -0.4 is 10.5 Å². The molecular formula is C15H23N3O. The van der Waals surface area contributed by atoms with Crippen LogP contribution in [0.25, 0.3) is 0 Å². The minimum absolute atomic E-state index is 0.763. The Morgan fingerprint density at radius 1 is 1.21 bits per heavy atom. The molecule has 1 aromatic rings. The number of nitrogens with two attached hydrogens (primary N) is 1. The standard InChI is InChI=1S/C15H23N3O/c1-19-15-10-13(16)3-2-12(15)11-17-6-8-18(9-7-17)14-4-5-14/h2-3,10,14H,4-9,11,16H2,1H3. The van der Waals surface area contributed by atoms with E-state index in [2.05, 4.69) is 15.9 Å². The fraction of sp³-hybridized carbons (Fsp3) is 0.600. The van der Waals surface area contributed by atoms with Gasteiger partial charge in [0.2, 0.25) is 0 Å². The molecule has 1 saturated carbocycles. The van der Waals surface area contributed by atoms with E-state index in [1.54, 1.807) is 7.11 Å². The summed E-state index contributed by atoms with van der Waals surface area (Å²) in [7, 11) is 1.71. The molecule has 0 spiro atoms. The van der Waals surface area contributed by atoms with Crippen molar-refractivity contribution in [3.63, 3.8) is 0 Å². The predicted octanol–water partition coefficient (Wildman–Crippen LogP) is 1.56. The number of nitrogens with zero attached hydrogens (tertiary/aromatic N) is 2. The minimum Gasteiger partial charge on any atom is -0.496 e. The number of hydrogen-bond donors (Lipinski definition) is 1. The lowest BCUT2D eigenvalue weighted by molar-refractivity contribution is 0.121. The van der Waals surface area contributed by atoms with Crippen molar-refractivity contribution in [3.05, 3.63) is 23.8 Å². The average molecular weight is 261 g/mol. The lowest BCUT2D eigenvalue weighted by atomic mass is 10.1. The Labute approximate surface area is 115 Å². The highest BCUT2D eigenvalue weighted by Gasteiger charge is 2.31. The van der Waals surface area contributed by atoms with E-state index in [0.29, 0.717) is 0 Å². The number of piperazine rings is 1. The van der Waals surface area contributed by atoms with E-state index >= 15 is 0 Å². The van der Waals surface area contributed by atoms with Crippen molar-refractivity contribution in [2.75, 3.05) is 39.0 Å². The molecule has 2 fully saturated rings. The number of ether oxygens (including phenoxy) is 1. The lowest BCUT2D eigenvalue weighted by Crippen LogP contribution is -2.46. The van der Waals surface area contributed by atoms with Gasteiger partial charge in [-0.3, -0.25) is 9.80 Å². The molecule has 2 aliphatic rings. The first-order chi connectivity index (χ1) is 9.26. The summed E-state index contributed by atoms with van der Waals surface area (Å²) in [6.45, 7) is 5.69. The summed E-state index contributed by atoms with van der Waals surface area (Å²) in [5, 5.41) is 0. The highest BCUT2D eigenvalue weighted by molar-refractivity contribution is 5.48. The van der Waals surface area contributed by atoms with Crippen molar-refractivity contribution in [2.24, 2.45) is 0 Å². The van der Waals surface area contributed by atoms with Gasteiger partial charge in [0.05, 0.1) is 7.11 Å². The molecule has 4 nitrogen and oxygen atoms in total. The second kappa shape index (κ2) is 5.39. The van der Waals surface area contributed by atoms with E-state index in [-0.39, 0.29) is 0 Å². The molecule has 3 rings (SSSR count). The molecule has 0 aromatic heterocycles. The van der Waals surface area contributed by atoms with E-state index in [1.807, 2.05) is 12.1 Å². The average Bonchev–Trinajstić information content (AvgIpc) is 3.26. The molecule has 104 valence electrons. The van der Waals surface area contributed by atoms with Gasteiger partial charge in [-0.1, -0.05) is 6.07 Å². The Kier molecular flexibility index (Phi) is 3.62. The van der Waals surface area contributed by atoms with Crippen molar-refractivity contribution in [3.8, 4) is 5.75 Å². The van der Waals surface area contributed by atoms with Gasteiger partial charge < -0.3 is 10.5 Å². The van der Waals surface area contributed by atoms with Gasteiger partial charge in [-0.15, -0.1) is 0 Å². The summed E-state index contributed by atoms with van der Waals surface area (Å²) in [6.07, 6.45) is 2.82. The zero-order chi connectivity index (χ0) is 13.2. The number of rotatable bonds is 4. The second-order valence-corrected chi connectivity index (χ2v) is 5.61. The summed E-state index contributed by atoms with van der Waals surface area (Å²) in [6, 6.07) is 6.85. The number of hydrogen-bond acceptors (Lipinski definition) is 4. The number of nitrogen functional groups attached to an aromatic ring is 1. The molecule has 1 aliphatic carbocycles. The Morgan fingerprint density at radius 2 is 1.95 bits per heavy atom. The number of methoxy groups -OCH3 is 1. The fourth-order valence-electron chi connectivity index (χ4n) is 2.86. The second-order valence-electron chi connectivity index (χ2n) is 5.61. The molecule has 1 saturated heterocycles. The van der Waals surface area contributed by atoms with Crippen LogP contribution >= 0.6 is 0 Å². The molecule has 0 unspecified atom stereocenters. The lowest BCUT2D eigenvalue weighted by Gasteiger charge is -2.35. The van der Waals surface area contributed by atoms with E-state index in [1.165, 1.54) is 31.5 Å². The van der Waals surface area contributed by atoms with Gasteiger partial charge >= 0.3 is 0 Å². The minimum atomic E-state index is 0.763. The quantitative estimate of drug-likeness (QED) is 0.835. The highest BCUT2D eigenvalue weighted by atomic mass is 16.5. The number of anilines is 1. The van der Waals surface area contributed by atoms with Gasteiger partial charge in [-0.05, 0) is 18.9 Å². The van der Waals surface area contributed by atoms with Crippen molar-refractivity contribution < 1.29 is 4.74 Å². The van der Waals surface area contributed by atoms with Crippen molar-refractivity contribution in [1.82, 2.24) is 9.80 Å². The summed E-state index contributed by atoms with van der Waals surface area (Å²) < 4.78 is 5.42. The van der Waals surface area contributed by atoms with Crippen molar-refractivity contribution >= 4 is 5.69 Å². The largest absolute Gasteiger partial charge is 0.496 e. The van der Waals surface area contributed by atoms with Crippen molar-refractivity contribution in [2.45, 2.75) is 25.4 Å². The zero-order valence-electron chi connectivity index (χ0n) is 11.6. The topological polar surface area (TPSA) is 41.7 Å². The maximum Gasteiger partial charge on any atom is 0.125 e. The molecule has 2 N–H and O–H groups in total. The first-order valence-electron chi connectivity index (χ1n) is 7.15. The molecule has 19 heavy (non-hydrogen) atoms. The van der Waals surface area contributed by atoms with Crippen LogP contribution in [-0.4, -0.2) is 49.1 Å². The molecule has 0 atom stereocenters. The van der Waals surface area contributed by atoms with Crippen molar-refractivity contribution in [1.29, 1.82) is 0 Å². The maximum atomic E-state index is 5.79. The molecule has 1 aromatic carbocycles. The summed E-state index contributed by atoms with van der Waals surface area (Å²) in [5.74, 6) is 0.907. The monoisotopic (exact) mass is 261 g/mol. The highest BCUT2D eigenvalue weighted by Crippen LogP contribution is 2.28. The zero-order valence-corrected chi connectivity index (χ0v) is 11.6. The third-order valence-electron chi connectivity index (χ3n) is 4.18. The van der Waals surface area contributed by atoms with Gasteiger partial charge in [0.1, 0.15) is 5.75 Å². The van der Waals surface area contributed by atoms with Crippen LogP contribution in [0.3, 0.4) is 0 Å². The molecule has 4 heteroatoms. The summed E-state index contributed by atoms with van der Waals surface area (Å²) in [4.78, 5) is 5.14. The van der Waals surface area contributed by atoms with E-state index < -0.39 is 0 Å². The third-order valence-corrected chi connectivity index (χ3v) is 4.18. The van der Waals surface area contributed by atoms with E-state index in [4.69, 9.17) is 10.5 Å². The van der Waals surface area contributed by atoms with Gasteiger partial charge in [0.15, 0.2) is 0 Å². The molecular weight excluding hydrogens is 238 g/mol. The van der Waals surface area contributed by atoms with Crippen LogP contribution in [0.15, 0.2) is 18.2 Å². The third kappa shape index (κ3) is 3.01. The number of benzene rings is 1. The van der Waals surface area contributed by atoms with Gasteiger partial charge in [0.25, 0.3) is 0 Å². The first-order valence-corrected chi connectivity index (χ1v) is 7.15. The molecule has 0 amide bonds. The Balaban J connectivity index is 1.59. The smallest absolute Gasteiger partial charge is 0.125 e. The van der Waals surface area contributed by atoms with Gasteiger partial charge in [-0.25, -0.2) is 0 Å². The van der Waals surface area contributed by atoms with Crippen LogP contribution in [0.2, 0.25) is 0 Å². The first kappa shape index (κ1) is 12.8. The maximum absolute atomic E-state index is 5.79. The van der Waals surface area contributed by atoms with Gasteiger partial charge in [-0.2, -0.15) is 0 Å². The van der Waals surface area contributed by atoms with E-state index in [0.717, 1.165) is 37.1 Å². The Bertz CT molecular complexity index is 437. The summed E-state index contributed by atoms with van der Waals surface area (Å²) >= 11 is 0. The molecule has 0 bridgehead atoms. The Morgan fingerprint density at radius 3 is 2.58 bits per heavy atom. The molecule has 0 radical (unpaired) electrons. The fourth-order valence-corrected chi connectivity index (χ4v) is 2.86. The van der Waals surface area contributed by atoms with Crippen LogP contribution in [0.1, 0.15) is 18.4 Å². The van der Waals surface area contributed by atoms with Gasteiger partial charge in [0, 0.05) is 56.1 Å². The van der Waals surface area contributed by atoms with Crippen LogP contribution in [0.5, 0.6) is 5.75 Å². The molecule has 1 aliphatic heterocycles. The Hall–Kier alpha value is -1.26.